The third-order valence-electron chi connectivity index (χ3n) is 3.01. The molecular formula is C12H21N3O3. The second-order valence-electron chi connectivity index (χ2n) is 4.60. The molecule has 0 aliphatic carbocycles. The summed E-state index contributed by atoms with van der Waals surface area (Å²) in [5.41, 5.74) is -1.08. The SMILES string of the molecule is CCN(CC(=O)N(C)CCC#N)C(C)(C)C(=O)O. The summed E-state index contributed by atoms with van der Waals surface area (Å²) in [5, 5.41) is 17.6. The van der Waals surface area contributed by atoms with Crippen molar-refractivity contribution < 1.29 is 14.7 Å². The molecule has 0 radical (unpaired) electrons. The predicted octanol–water partition coefficient (Wildman–Crippen LogP) is 0.544. The molecule has 0 bridgehead atoms. The number of nitrogens with zero attached hydrogens (tertiary/aromatic N) is 3. The van der Waals surface area contributed by atoms with Crippen molar-refractivity contribution in [3.63, 3.8) is 0 Å². The van der Waals surface area contributed by atoms with E-state index >= 15 is 0 Å². The van der Waals surface area contributed by atoms with Gasteiger partial charge in [-0.25, -0.2) is 0 Å². The highest BCUT2D eigenvalue weighted by Gasteiger charge is 2.35. The van der Waals surface area contributed by atoms with Gasteiger partial charge in [-0.15, -0.1) is 0 Å². The Morgan fingerprint density at radius 2 is 1.94 bits per heavy atom. The lowest BCUT2D eigenvalue weighted by Gasteiger charge is -2.34. The van der Waals surface area contributed by atoms with Crippen molar-refractivity contribution >= 4 is 11.9 Å². The lowest BCUT2D eigenvalue weighted by atomic mass is 10.0. The van der Waals surface area contributed by atoms with Crippen LogP contribution in [0.15, 0.2) is 0 Å². The molecule has 0 unspecified atom stereocenters. The first kappa shape index (κ1) is 16.4. The van der Waals surface area contributed by atoms with E-state index in [1.54, 1.807) is 25.8 Å². The summed E-state index contributed by atoms with van der Waals surface area (Å²) < 4.78 is 0. The fourth-order valence-corrected chi connectivity index (χ4v) is 1.47. The average Bonchev–Trinajstić information content (AvgIpc) is 2.31. The fraction of sp³-hybridized carbons (Fsp3) is 0.750. The molecule has 0 aliphatic rings. The minimum atomic E-state index is -1.08. The van der Waals surface area contributed by atoms with E-state index in [0.717, 1.165) is 0 Å². The van der Waals surface area contributed by atoms with Gasteiger partial charge in [0.25, 0.3) is 0 Å². The van der Waals surface area contributed by atoms with Crippen LogP contribution in [0, 0.1) is 11.3 Å². The van der Waals surface area contributed by atoms with Gasteiger partial charge in [0.05, 0.1) is 19.0 Å². The minimum absolute atomic E-state index is 0.0394. The molecule has 0 atom stereocenters. The molecule has 0 aromatic heterocycles. The highest BCUT2D eigenvalue weighted by molar-refractivity contribution is 5.81. The van der Waals surface area contributed by atoms with Crippen LogP contribution in [0.2, 0.25) is 0 Å². The third kappa shape index (κ3) is 4.34. The zero-order valence-corrected chi connectivity index (χ0v) is 11.4. The zero-order chi connectivity index (χ0) is 14.3. The maximum Gasteiger partial charge on any atom is 0.323 e. The van der Waals surface area contributed by atoms with E-state index in [-0.39, 0.29) is 18.9 Å². The standard InChI is InChI=1S/C12H21N3O3/c1-5-15(12(2,3)11(17)18)9-10(16)14(4)8-6-7-13/h5-6,8-9H2,1-4H3,(H,17,18). The Hall–Kier alpha value is -1.61. The fourth-order valence-electron chi connectivity index (χ4n) is 1.47. The number of nitriles is 1. The molecule has 0 rings (SSSR count). The van der Waals surface area contributed by atoms with E-state index in [2.05, 4.69) is 0 Å². The van der Waals surface area contributed by atoms with Crippen molar-refractivity contribution in [2.75, 3.05) is 26.7 Å². The van der Waals surface area contributed by atoms with E-state index in [9.17, 15) is 9.59 Å². The maximum atomic E-state index is 11.9. The number of hydrogen-bond acceptors (Lipinski definition) is 4. The number of carbonyl (C=O) groups excluding carboxylic acids is 1. The van der Waals surface area contributed by atoms with Crippen LogP contribution in [-0.4, -0.2) is 59.0 Å². The number of hydrogen-bond donors (Lipinski definition) is 1. The van der Waals surface area contributed by atoms with Crippen LogP contribution < -0.4 is 0 Å². The van der Waals surface area contributed by atoms with Crippen LogP contribution in [0.25, 0.3) is 0 Å². The molecule has 0 fully saturated rings. The normalized spacial score (nSPS) is 11.1. The monoisotopic (exact) mass is 255 g/mol. The first-order valence-corrected chi connectivity index (χ1v) is 5.86. The first-order valence-electron chi connectivity index (χ1n) is 5.86. The van der Waals surface area contributed by atoms with Gasteiger partial charge in [-0.2, -0.15) is 5.26 Å². The van der Waals surface area contributed by atoms with Gasteiger partial charge in [-0.1, -0.05) is 6.92 Å². The summed E-state index contributed by atoms with van der Waals surface area (Å²) in [5.74, 6) is -1.14. The molecule has 0 heterocycles. The van der Waals surface area contributed by atoms with Gasteiger partial charge < -0.3 is 10.0 Å². The molecule has 1 amide bonds. The molecule has 1 N–H and O–H groups in total. The van der Waals surface area contributed by atoms with Crippen LogP contribution in [0.5, 0.6) is 0 Å². The lowest BCUT2D eigenvalue weighted by Crippen LogP contribution is -2.53. The van der Waals surface area contributed by atoms with Crippen LogP contribution in [-0.2, 0) is 9.59 Å². The smallest absolute Gasteiger partial charge is 0.323 e. The Morgan fingerprint density at radius 1 is 1.39 bits per heavy atom. The Kier molecular flexibility index (Phi) is 6.34. The summed E-state index contributed by atoms with van der Waals surface area (Å²) in [6.07, 6.45) is 0.274. The predicted molar refractivity (Wildman–Crippen MR) is 66.8 cm³/mol. The topological polar surface area (TPSA) is 84.6 Å². The molecule has 0 aromatic rings. The van der Waals surface area contributed by atoms with Crippen LogP contribution in [0.1, 0.15) is 27.2 Å². The van der Waals surface area contributed by atoms with Crippen LogP contribution in [0.4, 0.5) is 0 Å². The summed E-state index contributed by atoms with van der Waals surface area (Å²) in [6.45, 7) is 5.82. The molecule has 102 valence electrons. The maximum absolute atomic E-state index is 11.9. The number of aliphatic carboxylic acids is 1. The van der Waals surface area contributed by atoms with Crippen molar-refractivity contribution in [1.29, 1.82) is 5.26 Å². The minimum Gasteiger partial charge on any atom is -0.480 e. The Morgan fingerprint density at radius 3 is 2.33 bits per heavy atom. The summed E-state index contributed by atoms with van der Waals surface area (Å²) in [4.78, 5) is 26.1. The number of likely N-dealkylation sites (N-methyl/N-ethyl adjacent to an activating group) is 2. The zero-order valence-electron chi connectivity index (χ0n) is 11.4. The number of carbonyl (C=O) groups is 2. The quantitative estimate of drug-likeness (QED) is 0.718. The van der Waals surface area contributed by atoms with Gasteiger partial charge in [0.1, 0.15) is 5.54 Å². The van der Waals surface area contributed by atoms with E-state index in [4.69, 9.17) is 10.4 Å². The second kappa shape index (κ2) is 6.97. The largest absolute Gasteiger partial charge is 0.480 e. The van der Waals surface area contributed by atoms with Crippen LogP contribution >= 0.6 is 0 Å². The summed E-state index contributed by atoms with van der Waals surface area (Å²) in [6, 6.07) is 1.97. The van der Waals surface area contributed by atoms with E-state index in [0.29, 0.717) is 13.1 Å². The average molecular weight is 255 g/mol. The molecule has 0 saturated carbocycles. The second-order valence-corrected chi connectivity index (χ2v) is 4.60. The van der Waals surface area contributed by atoms with E-state index in [1.807, 2.05) is 13.0 Å². The molecule has 0 saturated heterocycles. The van der Waals surface area contributed by atoms with Gasteiger partial charge in [0.2, 0.25) is 5.91 Å². The van der Waals surface area contributed by atoms with Crippen LogP contribution in [0.3, 0.4) is 0 Å². The molecular weight excluding hydrogens is 234 g/mol. The number of carboxylic acids is 1. The van der Waals surface area contributed by atoms with Crippen molar-refractivity contribution in [1.82, 2.24) is 9.80 Å². The number of rotatable bonds is 7. The van der Waals surface area contributed by atoms with E-state index < -0.39 is 11.5 Å². The van der Waals surface area contributed by atoms with Crippen molar-refractivity contribution in [2.24, 2.45) is 0 Å². The molecule has 0 aromatic carbocycles. The highest BCUT2D eigenvalue weighted by Crippen LogP contribution is 2.14. The Labute approximate surface area is 108 Å². The molecule has 0 aliphatic heterocycles. The third-order valence-corrected chi connectivity index (χ3v) is 3.01. The van der Waals surface area contributed by atoms with Crippen molar-refractivity contribution in [3.8, 4) is 6.07 Å². The molecule has 6 nitrogen and oxygen atoms in total. The van der Waals surface area contributed by atoms with Crippen molar-refractivity contribution in [3.05, 3.63) is 0 Å². The molecule has 18 heavy (non-hydrogen) atoms. The van der Waals surface area contributed by atoms with Gasteiger partial charge >= 0.3 is 5.97 Å². The Bertz CT molecular complexity index is 347. The van der Waals surface area contributed by atoms with Gasteiger partial charge in [0.15, 0.2) is 0 Å². The lowest BCUT2D eigenvalue weighted by molar-refractivity contribution is -0.150. The van der Waals surface area contributed by atoms with Crippen molar-refractivity contribution in [2.45, 2.75) is 32.7 Å². The molecule has 0 spiro atoms. The van der Waals surface area contributed by atoms with Gasteiger partial charge in [0, 0.05) is 13.6 Å². The molecule has 6 heteroatoms. The van der Waals surface area contributed by atoms with E-state index in [1.165, 1.54) is 4.90 Å². The number of amides is 1. The summed E-state index contributed by atoms with van der Waals surface area (Å²) in [7, 11) is 1.61. The highest BCUT2D eigenvalue weighted by atomic mass is 16.4. The van der Waals surface area contributed by atoms with Gasteiger partial charge in [-0.3, -0.25) is 14.5 Å². The van der Waals surface area contributed by atoms with Gasteiger partial charge in [-0.05, 0) is 20.4 Å². The number of carboxylic acid groups (broad SMARTS) is 1. The Balaban J connectivity index is 4.60. The summed E-state index contributed by atoms with van der Waals surface area (Å²) >= 11 is 0. The first-order chi connectivity index (χ1) is 8.27.